The minimum Gasteiger partial charge on any atom is -0.367 e. The average Bonchev–Trinajstić information content (AvgIpc) is 1.91. The van der Waals surface area contributed by atoms with E-state index in [9.17, 15) is 8.78 Å². The maximum absolute atomic E-state index is 11.6. The van der Waals surface area contributed by atoms with E-state index in [2.05, 4.69) is 4.74 Å². The van der Waals surface area contributed by atoms with Crippen LogP contribution in [0.2, 0.25) is 0 Å². The summed E-state index contributed by atoms with van der Waals surface area (Å²) in [5.41, 5.74) is 0. The first-order valence-electron chi connectivity index (χ1n) is 2.94. The zero-order chi connectivity index (χ0) is 7.11. The lowest BCUT2D eigenvalue weighted by Crippen LogP contribution is -2.15. The summed E-state index contributed by atoms with van der Waals surface area (Å²) in [5.74, 6) is 0. The van der Waals surface area contributed by atoms with Gasteiger partial charge in [0.05, 0.1) is 6.61 Å². The Morgan fingerprint density at radius 1 is 1.44 bits per heavy atom. The van der Waals surface area contributed by atoms with Crippen LogP contribution >= 0.6 is 0 Å². The summed E-state index contributed by atoms with van der Waals surface area (Å²) in [6.07, 6.45) is -0.207. The first-order valence-corrected chi connectivity index (χ1v) is 2.94. The van der Waals surface area contributed by atoms with Crippen LogP contribution in [0.25, 0.3) is 0 Å². The fourth-order valence-corrected chi connectivity index (χ4v) is 0.346. The maximum Gasteiger partial charge on any atom is 0.118 e. The van der Waals surface area contributed by atoms with Gasteiger partial charge in [-0.1, -0.05) is 6.92 Å². The van der Waals surface area contributed by atoms with Crippen molar-refractivity contribution in [2.45, 2.75) is 19.4 Å². The van der Waals surface area contributed by atoms with Gasteiger partial charge in [0.15, 0.2) is 0 Å². The monoisotopic (exact) mass is 137 g/mol. The van der Waals surface area contributed by atoms with Crippen LogP contribution in [-0.4, -0.2) is 19.5 Å². The molecule has 0 heterocycles. The molecule has 0 saturated heterocycles. The van der Waals surface area contributed by atoms with Crippen LogP contribution in [0.1, 0.15) is 13.3 Å². The molecule has 0 aromatic rings. The van der Waals surface area contributed by atoms with E-state index in [-0.39, 0.29) is 0 Å². The van der Waals surface area contributed by atoms with Crippen molar-refractivity contribution in [3.63, 3.8) is 0 Å². The third-order valence-corrected chi connectivity index (χ3v) is 0.800. The van der Waals surface area contributed by atoms with Gasteiger partial charge >= 0.3 is 0 Å². The molecular formula is C6H11F2O. The Balaban J connectivity index is 3.09. The van der Waals surface area contributed by atoms with E-state index in [1.165, 1.54) is 6.61 Å². The van der Waals surface area contributed by atoms with E-state index >= 15 is 0 Å². The molecule has 0 aliphatic carbocycles. The van der Waals surface area contributed by atoms with E-state index < -0.39 is 19.5 Å². The fourth-order valence-electron chi connectivity index (χ4n) is 0.346. The standard InChI is InChI=1S/C6H11F2O/c1-2-3-9-6(4-7)5-8/h3,6H,2,4-5H2,1H3. The number of rotatable bonds is 5. The molecule has 0 spiro atoms. The van der Waals surface area contributed by atoms with E-state index in [1.807, 2.05) is 6.92 Å². The van der Waals surface area contributed by atoms with E-state index in [1.54, 1.807) is 0 Å². The summed E-state index contributed by atoms with van der Waals surface area (Å²) in [6.45, 7) is 1.73. The summed E-state index contributed by atoms with van der Waals surface area (Å²) < 4.78 is 27.8. The van der Waals surface area contributed by atoms with Gasteiger partial charge < -0.3 is 4.74 Å². The van der Waals surface area contributed by atoms with Crippen LogP contribution in [0.4, 0.5) is 8.78 Å². The van der Waals surface area contributed by atoms with E-state index in [0.29, 0.717) is 6.42 Å². The molecule has 0 aliphatic heterocycles. The van der Waals surface area contributed by atoms with E-state index in [4.69, 9.17) is 0 Å². The zero-order valence-corrected chi connectivity index (χ0v) is 5.44. The zero-order valence-electron chi connectivity index (χ0n) is 5.44. The Kier molecular flexibility index (Phi) is 5.83. The summed E-state index contributed by atoms with van der Waals surface area (Å²) in [7, 11) is 0. The van der Waals surface area contributed by atoms with Crippen molar-refractivity contribution in [1.82, 2.24) is 0 Å². The molecule has 3 heteroatoms. The van der Waals surface area contributed by atoms with Crippen molar-refractivity contribution < 1.29 is 13.5 Å². The van der Waals surface area contributed by atoms with Gasteiger partial charge in [-0.15, -0.1) is 0 Å². The second-order valence-corrected chi connectivity index (χ2v) is 1.64. The summed E-state index contributed by atoms with van der Waals surface area (Å²) in [6, 6.07) is 0. The Morgan fingerprint density at radius 2 is 2.00 bits per heavy atom. The first-order chi connectivity index (χ1) is 4.35. The second-order valence-electron chi connectivity index (χ2n) is 1.64. The molecule has 0 N–H and O–H groups in total. The van der Waals surface area contributed by atoms with Crippen molar-refractivity contribution in [3.05, 3.63) is 6.61 Å². The molecular weight excluding hydrogens is 126 g/mol. The lowest BCUT2D eigenvalue weighted by molar-refractivity contribution is 0.0588. The molecule has 0 fully saturated rings. The van der Waals surface area contributed by atoms with Gasteiger partial charge in [0.25, 0.3) is 0 Å². The van der Waals surface area contributed by atoms with Crippen molar-refractivity contribution >= 4 is 0 Å². The Hall–Kier alpha value is -0.180. The highest BCUT2D eigenvalue weighted by Crippen LogP contribution is 1.98. The van der Waals surface area contributed by atoms with Crippen LogP contribution in [0.5, 0.6) is 0 Å². The summed E-state index contributed by atoms with van der Waals surface area (Å²) in [5, 5.41) is 0. The third kappa shape index (κ3) is 4.33. The van der Waals surface area contributed by atoms with Gasteiger partial charge in [0, 0.05) is 0 Å². The van der Waals surface area contributed by atoms with Gasteiger partial charge in [-0.3, -0.25) is 0 Å². The van der Waals surface area contributed by atoms with Crippen LogP contribution in [0.3, 0.4) is 0 Å². The maximum atomic E-state index is 11.6. The third-order valence-electron chi connectivity index (χ3n) is 0.800. The first kappa shape index (κ1) is 8.82. The average molecular weight is 137 g/mol. The van der Waals surface area contributed by atoms with Crippen LogP contribution < -0.4 is 0 Å². The molecule has 0 bridgehead atoms. The Bertz CT molecular complexity index is 55.0. The second kappa shape index (κ2) is 5.95. The highest BCUT2D eigenvalue weighted by atomic mass is 19.1. The van der Waals surface area contributed by atoms with Gasteiger partial charge in [-0.05, 0) is 6.42 Å². The molecule has 0 aromatic carbocycles. The van der Waals surface area contributed by atoms with Crippen molar-refractivity contribution in [3.8, 4) is 0 Å². The van der Waals surface area contributed by atoms with Gasteiger partial charge in [0.2, 0.25) is 0 Å². The van der Waals surface area contributed by atoms with Gasteiger partial charge in [-0.2, -0.15) is 0 Å². The molecule has 0 amide bonds. The van der Waals surface area contributed by atoms with Gasteiger partial charge in [0.1, 0.15) is 19.5 Å². The van der Waals surface area contributed by atoms with Crippen LogP contribution in [-0.2, 0) is 4.74 Å². The number of halogens is 2. The lowest BCUT2D eigenvalue weighted by atomic mass is 10.4. The van der Waals surface area contributed by atoms with Crippen molar-refractivity contribution in [2.24, 2.45) is 0 Å². The normalized spacial score (nSPS) is 10.7. The number of alkyl halides is 2. The highest BCUT2D eigenvalue weighted by Gasteiger charge is 2.05. The topological polar surface area (TPSA) is 9.23 Å². The van der Waals surface area contributed by atoms with E-state index in [0.717, 1.165) is 0 Å². The smallest absolute Gasteiger partial charge is 0.118 e. The minimum absolute atomic E-state index is 0.677. The molecule has 0 aromatic heterocycles. The minimum atomic E-state index is -0.884. The highest BCUT2D eigenvalue weighted by molar-refractivity contribution is 4.56. The summed E-state index contributed by atoms with van der Waals surface area (Å²) in [4.78, 5) is 0. The van der Waals surface area contributed by atoms with Crippen LogP contribution in [0.15, 0.2) is 0 Å². The molecule has 0 unspecified atom stereocenters. The van der Waals surface area contributed by atoms with Crippen molar-refractivity contribution in [1.29, 1.82) is 0 Å². The number of hydrogen-bond donors (Lipinski definition) is 0. The molecule has 0 aliphatic rings. The number of ether oxygens (including phenoxy) is 1. The molecule has 55 valence electrons. The van der Waals surface area contributed by atoms with Gasteiger partial charge in [-0.25, -0.2) is 8.78 Å². The molecule has 0 rings (SSSR count). The predicted molar refractivity (Wildman–Crippen MR) is 31.4 cm³/mol. The SMILES string of the molecule is CC[CH]OC(CF)CF. The molecule has 0 saturated carbocycles. The molecule has 0 atom stereocenters. The molecule has 1 nitrogen and oxygen atoms in total. The Morgan fingerprint density at radius 3 is 2.33 bits per heavy atom. The molecule has 9 heavy (non-hydrogen) atoms. The largest absolute Gasteiger partial charge is 0.367 e. The molecule has 1 radical (unpaired) electrons. The van der Waals surface area contributed by atoms with Crippen molar-refractivity contribution in [2.75, 3.05) is 13.3 Å². The lowest BCUT2D eigenvalue weighted by Gasteiger charge is -2.07. The summed E-state index contributed by atoms with van der Waals surface area (Å²) >= 11 is 0. The number of hydrogen-bond acceptors (Lipinski definition) is 1. The van der Waals surface area contributed by atoms with Crippen LogP contribution in [0, 0.1) is 6.61 Å². The quantitative estimate of drug-likeness (QED) is 0.562. The Labute approximate surface area is 54.0 Å². The fraction of sp³-hybridized carbons (Fsp3) is 0.833. The predicted octanol–water partition coefficient (Wildman–Crippen LogP) is 1.88.